The lowest BCUT2D eigenvalue weighted by Gasteiger charge is -2.25. The van der Waals surface area contributed by atoms with Crippen LogP contribution in [-0.2, 0) is 11.3 Å². The second-order valence-electron chi connectivity index (χ2n) is 6.06. The lowest BCUT2D eigenvalue weighted by atomic mass is 10.0. The van der Waals surface area contributed by atoms with Crippen molar-refractivity contribution in [3.8, 4) is 5.75 Å². The van der Waals surface area contributed by atoms with Crippen LogP contribution < -0.4 is 4.74 Å². The fraction of sp³-hybridized carbons (Fsp3) is 0.350. The van der Waals surface area contributed by atoms with Crippen LogP contribution in [0.2, 0.25) is 0 Å². The molecule has 0 spiro atoms. The summed E-state index contributed by atoms with van der Waals surface area (Å²) in [6.45, 7) is 1.36. The third-order valence-electron chi connectivity index (χ3n) is 4.53. The zero-order chi connectivity index (χ0) is 16.9. The van der Waals surface area contributed by atoms with Gasteiger partial charge in [-0.05, 0) is 48.2 Å². The molecule has 1 fully saturated rings. The molecule has 1 aliphatic heterocycles. The highest BCUT2D eigenvalue weighted by atomic mass is 16.5. The van der Waals surface area contributed by atoms with Crippen LogP contribution in [0.15, 0.2) is 48.5 Å². The quantitative estimate of drug-likeness (QED) is 0.839. The number of carbonyl (C=O) groups is 1. The largest absolute Gasteiger partial charge is 0.497 e. The number of benzene rings is 2. The van der Waals surface area contributed by atoms with E-state index in [0.29, 0.717) is 6.61 Å². The number of hydrogen-bond acceptors (Lipinski definition) is 3. The highest BCUT2D eigenvalue weighted by Gasteiger charge is 2.30. The number of carbonyl (C=O) groups excluding carboxylic acids is 1. The number of methoxy groups -OCH3 is 2. The summed E-state index contributed by atoms with van der Waals surface area (Å²) in [7, 11) is 3.33. The van der Waals surface area contributed by atoms with E-state index in [9.17, 15) is 4.79 Å². The van der Waals surface area contributed by atoms with Crippen molar-refractivity contribution in [3.05, 3.63) is 65.2 Å². The van der Waals surface area contributed by atoms with Crippen LogP contribution in [0.3, 0.4) is 0 Å². The van der Waals surface area contributed by atoms with Gasteiger partial charge >= 0.3 is 0 Å². The molecule has 1 atom stereocenters. The molecule has 2 aromatic carbocycles. The Balaban J connectivity index is 1.77. The van der Waals surface area contributed by atoms with E-state index in [2.05, 4.69) is 12.1 Å². The van der Waals surface area contributed by atoms with Crippen molar-refractivity contribution in [3.63, 3.8) is 0 Å². The highest BCUT2D eigenvalue weighted by molar-refractivity contribution is 5.94. The lowest BCUT2D eigenvalue weighted by molar-refractivity contribution is 0.0735. The number of hydrogen-bond donors (Lipinski definition) is 0. The molecule has 0 bridgehead atoms. The van der Waals surface area contributed by atoms with Gasteiger partial charge in [0.15, 0.2) is 0 Å². The predicted molar refractivity (Wildman–Crippen MR) is 93.2 cm³/mol. The van der Waals surface area contributed by atoms with Crippen LogP contribution in [0, 0.1) is 0 Å². The highest BCUT2D eigenvalue weighted by Crippen LogP contribution is 2.33. The maximum Gasteiger partial charge on any atom is 0.254 e. The smallest absolute Gasteiger partial charge is 0.254 e. The zero-order valence-electron chi connectivity index (χ0n) is 14.2. The van der Waals surface area contributed by atoms with Crippen molar-refractivity contribution >= 4 is 5.91 Å². The number of amides is 1. The standard InChI is InChI=1S/C20H23NO3/c1-23-14-15-5-7-17(8-6-15)20(22)21-13-3-4-19(21)16-9-11-18(24-2)12-10-16/h5-12,19H,3-4,13-14H2,1-2H3. The van der Waals surface area contributed by atoms with Gasteiger partial charge in [-0.3, -0.25) is 4.79 Å². The summed E-state index contributed by atoms with van der Waals surface area (Å²) in [5.74, 6) is 0.931. The van der Waals surface area contributed by atoms with E-state index in [1.165, 1.54) is 0 Å². The van der Waals surface area contributed by atoms with E-state index >= 15 is 0 Å². The molecular formula is C20H23NO3. The van der Waals surface area contributed by atoms with Gasteiger partial charge < -0.3 is 14.4 Å². The van der Waals surface area contributed by atoms with Crippen LogP contribution in [-0.4, -0.2) is 31.6 Å². The average molecular weight is 325 g/mol. The first-order chi connectivity index (χ1) is 11.7. The molecule has 1 aliphatic rings. The molecule has 3 rings (SSSR count). The summed E-state index contributed by atoms with van der Waals surface area (Å²) in [4.78, 5) is 14.9. The van der Waals surface area contributed by atoms with Crippen molar-refractivity contribution in [2.24, 2.45) is 0 Å². The maximum atomic E-state index is 12.9. The molecule has 24 heavy (non-hydrogen) atoms. The Morgan fingerprint density at radius 3 is 2.42 bits per heavy atom. The second-order valence-corrected chi connectivity index (χ2v) is 6.06. The molecule has 1 amide bonds. The fourth-order valence-electron chi connectivity index (χ4n) is 3.26. The minimum absolute atomic E-state index is 0.0947. The van der Waals surface area contributed by atoms with Gasteiger partial charge in [0, 0.05) is 19.2 Å². The summed E-state index contributed by atoms with van der Waals surface area (Å²) in [6.07, 6.45) is 2.03. The summed E-state index contributed by atoms with van der Waals surface area (Å²) in [5, 5.41) is 0. The van der Waals surface area contributed by atoms with Crippen molar-refractivity contribution in [2.45, 2.75) is 25.5 Å². The number of likely N-dealkylation sites (tertiary alicyclic amines) is 1. The van der Waals surface area contributed by atoms with Crippen molar-refractivity contribution in [1.29, 1.82) is 0 Å². The fourth-order valence-corrected chi connectivity index (χ4v) is 3.26. The average Bonchev–Trinajstić information content (AvgIpc) is 3.12. The molecule has 0 aromatic heterocycles. The Hall–Kier alpha value is -2.33. The molecule has 0 radical (unpaired) electrons. The molecule has 0 saturated carbocycles. The van der Waals surface area contributed by atoms with Gasteiger partial charge in [-0.2, -0.15) is 0 Å². The van der Waals surface area contributed by atoms with Gasteiger partial charge in [0.05, 0.1) is 19.8 Å². The summed E-state index contributed by atoms with van der Waals surface area (Å²) >= 11 is 0. The first kappa shape index (κ1) is 16.5. The minimum atomic E-state index is 0.0947. The van der Waals surface area contributed by atoms with E-state index < -0.39 is 0 Å². The zero-order valence-corrected chi connectivity index (χ0v) is 14.2. The Bertz CT molecular complexity index is 679. The molecule has 1 saturated heterocycles. The van der Waals surface area contributed by atoms with Crippen LogP contribution in [0.1, 0.15) is 40.4 Å². The van der Waals surface area contributed by atoms with E-state index in [4.69, 9.17) is 9.47 Å². The van der Waals surface area contributed by atoms with Gasteiger partial charge in [-0.15, -0.1) is 0 Å². The van der Waals surface area contributed by atoms with E-state index in [-0.39, 0.29) is 11.9 Å². The Kier molecular flexibility index (Phi) is 5.16. The van der Waals surface area contributed by atoms with Crippen molar-refractivity contribution in [2.75, 3.05) is 20.8 Å². The number of rotatable bonds is 5. The third kappa shape index (κ3) is 3.44. The summed E-state index contributed by atoms with van der Waals surface area (Å²) in [5.41, 5.74) is 2.97. The van der Waals surface area contributed by atoms with Gasteiger partial charge in [-0.25, -0.2) is 0 Å². The topological polar surface area (TPSA) is 38.8 Å². The molecule has 0 N–H and O–H groups in total. The first-order valence-corrected chi connectivity index (χ1v) is 8.25. The lowest BCUT2D eigenvalue weighted by Crippen LogP contribution is -2.30. The summed E-state index contributed by atoms with van der Waals surface area (Å²) in [6, 6.07) is 15.8. The van der Waals surface area contributed by atoms with Crippen molar-refractivity contribution in [1.82, 2.24) is 4.90 Å². The molecule has 4 heteroatoms. The molecule has 0 aliphatic carbocycles. The van der Waals surface area contributed by atoms with E-state index in [0.717, 1.165) is 41.8 Å². The second kappa shape index (κ2) is 7.49. The van der Waals surface area contributed by atoms with E-state index in [1.54, 1.807) is 14.2 Å². The molecule has 4 nitrogen and oxygen atoms in total. The predicted octanol–water partition coefficient (Wildman–Crippen LogP) is 3.82. The maximum absolute atomic E-state index is 12.9. The Morgan fingerprint density at radius 2 is 1.79 bits per heavy atom. The third-order valence-corrected chi connectivity index (χ3v) is 4.53. The minimum Gasteiger partial charge on any atom is -0.497 e. The van der Waals surface area contributed by atoms with Crippen LogP contribution >= 0.6 is 0 Å². The van der Waals surface area contributed by atoms with Gasteiger partial charge in [0.2, 0.25) is 0 Å². The SMILES string of the molecule is COCc1ccc(C(=O)N2CCCC2c2ccc(OC)cc2)cc1. The van der Waals surface area contributed by atoms with Crippen LogP contribution in [0.25, 0.3) is 0 Å². The molecule has 126 valence electrons. The number of ether oxygens (including phenoxy) is 2. The first-order valence-electron chi connectivity index (χ1n) is 8.25. The normalized spacial score (nSPS) is 17.1. The van der Waals surface area contributed by atoms with Crippen LogP contribution in [0.5, 0.6) is 5.75 Å². The van der Waals surface area contributed by atoms with Crippen molar-refractivity contribution < 1.29 is 14.3 Å². The summed E-state index contributed by atoms with van der Waals surface area (Å²) < 4.78 is 10.3. The van der Waals surface area contributed by atoms with Crippen LogP contribution in [0.4, 0.5) is 0 Å². The monoisotopic (exact) mass is 325 g/mol. The molecular weight excluding hydrogens is 302 g/mol. The number of nitrogens with zero attached hydrogens (tertiary/aromatic N) is 1. The van der Waals surface area contributed by atoms with Gasteiger partial charge in [-0.1, -0.05) is 24.3 Å². The molecule has 2 aromatic rings. The Morgan fingerprint density at radius 1 is 1.08 bits per heavy atom. The molecule has 1 unspecified atom stereocenters. The van der Waals surface area contributed by atoms with Gasteiger partial charge in [0.25, 0.3) is 5.91 Å². The van der Waals surface area contributed by atoms with Gasteiger partial charge in [0.1, 0.15) is 5.75 Å². The Labute approximate surface area is 143 Å². The molecule has 1 heterocycles. The van der Waals surface area contributed by atoms with E-state index in [1.807, 2.05) is 41.3 Å².